The highest BCUT2D eigenvalue weighted by molar-refractivity contribution is 7.08. The molecule has 0 aliphatic heterocycles. The fraction of sp³-hybridized carbons (Fsp3) is 0. The summed E-state index contributed by atoms with van der Waals surface area (Å²) in [5.41, 5.74) is 1.83. The summed E-state index contributed by atoms with van der Waals surface area (Å²) in [5, 5.41) is 9.14. The number of allylic oxidation sites excluding steroid dienone is 1. The van der Waals surface area contributed by atoms with Crippen molar-refractivity contribution in [2.45, 2.75) is 0 Å². The molecule has 0 saturated carbocycles. The molecule has 0 spiro atoms. The number of amides is 2. The summed E-state index contributed by atoms with van der Waals surface area (Å²) in [4.78, 5) is 38.3. The van der Waals surface area contributed by atoms with Crippen LogP contribution in [0.25, 0.3) is 12.2 Å². The Morgan fingerprint density at radius 1 is 0.865 bits per heavy atom. The first kappa shape index (κ1) is 25.8. The van der Waals surface area contributed by atoms with Gasteiger partial charge in [-0.15, -0.1) is 0 Å². The van der Waals surface area contributed by atoms with Crippen molar-refractivity contribution >= 4 is 58.4 Å². The van der Waals surface area contributed by atoms with Crippen molar-refractivity contribution in [3.05, 3.63) is 134 Å². The lowest BCUT2D eigenvalue weighted by Crippen LogP contribution is -2.30. The number of hydrogen-bond donors (Lipinski definition) is 2. The lowest BCUT2D eigenvalue weighted by Gasteiger charge is -2.12. The van der Waals surface area contributed by atoms with Crippen molar-refractivity contribution in [2.75, 3.05) is 5.32 Å². The maximum absolute atomic E-state index is 14.4. The monoisotopic (exact) mass is 530 g/mol. The van der Waals surface area contributed by atoms with E-state index in [4.69, 9.17) is 11.6 Å². The molecule has 0 radical (unpaired) electrons. The number of hydrogen-bond acceptors (Lipinski definition) is 4. The van der Waals surface area contributed by atoms with E-state index in [9.17, 15) is 18.8 Å². The summed E-state index contributed by atoms with van der Waals surface area (Å²) < 4.78 is 14.4. The van der Waals surface area contributed by atoms with Gasteiger partial charge in [0.1, 0.15) is 11.5 Å². The van der Waals surface area contributed by atoms with E-state index in [0.29, 0.717) is 16.8 Å². The number of benzene rings is 3. The van der Waals surface area contributed by atoms with Gasteiger partial charge in [0.25, 0.3) is 11.8 Å². The molecule has 5 nitrogen and oxygen atoms in total. The Hall–Kier alpha value is -4.33. The molecule has 1 heterocycles. The summed E-state index contributed by atoms with van der Waals surface area (Å²) in [6.07, 6.45) is 4.39. The highest BCUT2D eigenvalue weighted by Crippen LogP contribution is 2.22. The molecule has 0 aliphatic rings. The summed E-state index contributed by atoms with van der Waals surface area (Å²) >= 11 is 7.67. The first-order chi connectivity index (χ1) is 17.9. The van der Waals surface area contributed by atoms with E-state index < -0.39 is 17.6 Å². The minimum absolute atomic E-state index is 0.0407. The molecule has 2 N–H and O–H groups in total. The third-order valence-electron chi connectivity index (χ3n) is 5.21. The van der Waals surface area contributed by atoms with Gasteiger partial charge in [-0.25, -0.2) is 4.39 Å². The number of ketones is 1. The minimum Gasteiger partial charge on any atom is -0.321 e. The Morgan fingerprint density at radius 3 is 2.30 bits per heavy atom. The second-order valence-corrected chi connectivity index (χ2v) is 8.99. The predicted octanol–water partition coefficient (Wildman–Crippen LogP) is 6.85. The van der Waals surface area contributed by atoms with Gasteiger partial charge >= 0.3 is 0 Å². The smallest absolute Gasteiger partial charge is 0.272 e. The highest BCUT2D eigenvalue weighted by atomic mass is 35.5. The topological polar surface area (TPSA) is 75.3 Å². The Labute approximate surface area is 221 Å². The maximum atomic E-state index is 14.4. The lowest BCUT2D eigenvalue weighted by atomic mass is 10.1. The average Bonchev–Trinajstić information content (AvgIpc) is 3.43. The fourth-order valence-electron chi connectivity index (χ4n) is 3.29. The number of thiophene rings is 1. The molecule has 4 rings (SSSR count). The van der Waals surface area contributed by atoms with Crippen LogP contribution in [0, 0.1) is 5.82 Å². The largest absolute Gasteiger partial charge is 0.321 e. The van der Waals surface area contributed by atoms with Crippen molar-refractivity contribution in [3.63, 3.8) is 0 Å². The third kappa shape index (κ3) is 6.88. The van der Waals surface area contributed by atoms with Gasteiger partial charge in [-0.05, 0) is 83.1 Å². The molecule has 0 aliphatic carbocycles. The molecule has 184 valence electrons. The first-order valence-electron chi connectivity index (χ1n) is 11.1. The van der Waals surface area contributed by atoms with E-state index in [1.807, 2.05) is 16.8 Å². The second kappa shape index (κ2) is 12.1. The molecule has 37 heavy (non-hydrogen) atoms. The molecule has 4 aromatic rings. The number of nitrogens with one attached hydrogen (secondary N) is 2. The zero-order chi connectivity index (χ0) is 26.2. The van der Waals surface area contributed by atoms with E-state index in [0.717, 1.165) is 5.56 Å². The highest BCUT2D eigenvalue weighted by Gasteiger charge is 2.17. The summed E-state index contributed by atoms with van der Waals surface area (Å²) in [5.74, 6) is -2.08. The molecule has 0 fully saturated rings. The summed E-state index contributed by atoms with van der Waals surface area (Å²) in [7, 11) is 0. The van der Waals surface area contributed by atoms with E-state index in [-0.39, 0.29) is 22.1 Å². The Balaban J connectivity index is 1.54. The lowest BCUT2D eigenvalue weighted by molar-refractivity contribution is -0.113. The van der Waals surface area contributed by atoms with Crippen LogP contribution in [0.4, 0.5) is 10.1 Å². The van der Waals surface area contributed by atoms with Crippen molar-refractivity contribution in [3.8, 4) is 0 Å². The van der Waals surface area contributed by atoms with Gasteiger partial charge in [0, 0.05) is 22.4 Å². The molecule has 0 bridgehead atoms. The van der Waals surface area contributed by atoms with Crippen LogP contribution in [0.3, 0.4) is 0 Å². The number of halogens is 2. The number of rotatable bonds is 8. The van der Waals surface area contributed by atoms with E-state index in [2.05, 4.69) is 10.6 Å². The van der Waals surface area contributed by atoms with Gasteiger partial charge in [-0.3, -0.25) is 14.4 Å². The van der Waals surface area contributed by atoms with Crippen LogP contribution >= 0.6 is 22.9 Å². The predicted molar refractivity (Wildman–Crippen MR) is 146 cm³/mol. The second-order valence-electron chi connectivity index (χ2n) is 7.80. The van der Waals surface area contributed by atoms with Crippen LogP contribution in [0.5, 0.6) is 0 Å². The van der Waals surface area contributed by atoms with Crippen molar-refractivity contribution in [1.82, 2.24) is 5.32 Å². The Bertz CT molecular complexity index is 1460. The Morgan fingerprint density at radius 2 is 1.62 bits per heavy atom. The fourth-order valence-corrected chi connectivity index (χ4v) is 4.14. The molecule has 8 heteroatoms. The van der Waals surface area contributed by atoms with Gasteiger partial charge in [0.2, 0.25) is 0 Å². The van der Waals surface area contributed by atoms with Crippen molar-refractivity contribution < 1.29 is 18.8 Å². The summed E-state index contributed by atoms with van der Waals surface area (Å²) in [6.45, 7) is 0. The molecule has 0 saturated heterocycles. The normalized spacial score (nSPS) is 11.4. The SMILES string of the molecule is O=C(Nc1ccc(C(=O)/C=C/c2ccsc2)cc1)/C(=C/c1c(F)cccc1Cl)NC(=O)c1ccccc1. The zero-order valence-corrected chi connectivity index (χ0v) is 20.9. The number of carbonyl (C=O) groups is 3. The maximum Gasteiger partial charge on any atom is 0.272 e. The van der Waals surface area contributed by atoms with Crippen LogP contribution in [-0.4, -0.2) is 17.6 Å². The van der Waals surface area contributed by atoms with Gasteiger partial charge in [0.15, 0.2) is 5.78 Å². The van der Waals surface area contributed by atoms with Crippen LogP contribution < -0.4 is 10.6 Å². The molecule has 2 amide bonds. The van der Waals surface area contributed by atoms with Crippen molar-refractivity contribution in [1.29, 1.82) is 0 Å². The molecular weight excluding hydrogens is 511 g/mol. The van der Waals surface area contributed by atoms with Gasteiger partial charge in [-0.2, -0.15) is 11.3 Å². The molecule has 0 atom stereocenters. The van der Waals surface area contributed by atoms with E-state index in [1.165, 1.54) is 41.7 Å². The van der Waals surface area contributed by atoms with Crippen LogP contribution in [-0.2, 0) is 4.79 Å². The quantitative estimate of drug-likeness (QED) is 0.193. The van der Waals surface area contributed by atoms with E-state index >= 15 is 0 Å². The molecule has 3 aromatic carbocycles. The summed E-state index contributed by atoms with van der Waals surface area (Å²) in [6, 6.07) is 20.6. The van der Waals surface area contributed by atoms with Gasteiger partial charge < -0.3 is 10.6 Å². The number of anilines is 1. The molecular formula is C29H20ClFN2O3S. The van der Waals surface area contributed by atoms with Gasteiger partial charge in [-0.1, -0.05) is 41.9 Å². The average molecular weight is 531 g/mol. The number of carbonyl (C=O) groups excluding carboxylic acids is 3. The standard InChI is InChI=1S/C29H20ClFN2O3S/c30-24-7-4-8-25(31)23(24)17-26(33-28(35)21-5-2-1-3-6-21)29(36)32-22-12-10-20(11-13-22)27(34)14-9-19-15-16-37-18-19/h1-18H,(H,32,36)(H,33,35)/b14-9+,26-17-. The zero-order valence-electron chi connectivity index (χ0n) is 19.3. The Kier molecular flexibility index (Phi) is 8.40. The molecule has 0 unspecified atom stereocenters. The molecule has 1 aromatic heterocycles. The van der Waals surface area contributed by atoms with Gasteiger partial charge in [0.05, 0.1) is 5.02 Å². The third-order valence-corrected chi connectivity index (χ3v) is 6.25. The van der Waals surface area contributed by atoms with Crippen LogP contribution in [0.1, 0.15) is 31.8 Å². The van der Waals surface area contributed by atoms with Crippen LogP contribution in [0.2, 0.25) is 5.02 Å². The first-order valence-corrected chi connectivity index (χ1v) is 12.4. The van der Waals surface area contributed by atoms with E-state index in [1.54, 1.807) is 60.7 Å². The van der Waals surface area contributed by atoms with Crippen molar-refractivity contribution in [2.24, 2.45) is 0 Å². The van der Waals surface area contributed by atoms with Crippen LogP contribution in [0.15, 0.2) is 101 Å². The minimum atomic E-state index is -0.694.